The van der Waals surface area contributed by atoms with Crippen molar-refractivity contribution >= 4 is 17.5 Å². The van der Waals surface area contributed by atoms with Gasteiger partial charge in [-0.3, -0.25) is 14.4 Å². The zero-order chi connectivity index (χ0) is 21.5. The Morgan fingerprint density at radius 2 is 1.77 bits per heavy atom. The van der Waals surface area contributed by atoms with Gasteiger partial charge < -0.3 is 15.6 Å². The molecule has 2 amide bonds. The van der Waals surface area contributed by atoms with Crippen LogP contribution in [-0.4, -0.2) is 16.8 Å². The van der Waals surface area contributed by atoms with Crippen molar-refractivity contribution in [2.24, 2.45) is 5.92 Å². The Morgan fingerprint density at radius 3 is 2.47 bits per heavy atom. The number of aromatic nitrogens is 1. The van der Waals surface area contributed by atoms with Gasteiger partial charge in [-0.1, -0.05) is 56.3 Å². The molecule has 0 aliphatic rings. The van der Waals surface area contributed by atoms with Gasteiger partial charge in [0, 0.05) is 23.8 Å². The minimum Gasteiger partial charge on any atom is -0.348 e. The van der Waals surface area contributed by atoms with Crippen LogP contribution in [0.2, 0.25) is 0 Å². The lowest BCUT2D eigenvalue weighted by molar-refractivity contribution is -0.119. The van der Waals surface area contributed by atoms with E-state index in [2.05, 4.69) is 15.6 Å². The van der Waals surface area contributed by atoms with Crippen LogP contribution in [-0.2, 0) is 11.3 Å². The van der Waals surface area contributed by atoms with E-state index in [0.717, 1.165) is 17.5 Å². The second-order valence-corrected chi connectivity index (χ2v) is 7.16. The monoisotopic (exact) mass is 403 g/mol. The molecular formula is C24H25N3O3. The summed E-state index contributed by atoms with van der Waals surface area (Å²) in [5, 5.41) is 5.63. The van der Waals surface area contributed by atoms with Gasteiger partial charge in [0.1, 0.15) is 5.56 Å². The minimum atomic E-state index is -0.454. The average molecular weight is 403 g/mol. The SMILES string of the molecule is CCC(C)C(=O)Nc1cccc(CNC(=O)c2ccc(-c3ccccc3)[nH]c2=O)c1. The first-order valence-electron chi connectivity index (χ1n) is 9.94. The highest BCUT2D eigenvalue weighted by Gasteiger charge is 2.13. The number of carbonyl (C=O) groups is 2. The molecule has 3 N–H and O–H groups in total. The summed E-state index contributed by atoms with van der Waals surface area (Å²) in [5.41, 5.74) is 2.64. The van der Waals surface area contributed by atoms with E-state index in [4.69, 9.17) is 0 Å². The fourth-order valence-corrected chi connectivity index (χ4v) is 2.93. The van der Waals surface area contributed by atoms with Crippen LogP contribution < -0.4 is 16.2 Å². The van der Waals surface area contributed by atoms with Gasteiger partial charge >= 0.3 is 0 Å². The molecule has 0 saturated carbocycles. The van der Waals surface area contributed by atoms with E-state index >= 15 is 0 Å². The summed E-state index contributed by atoms with van der Waals surface area (Å²) in [7, 11) is 0. The van der Waals surface area contributed by atoms with Crippen molar-refractivity contribution in [2.75, 3.05) is 5.32 Å². The third-order valence-corrected chi connectivity index (χ3v) is 4.95. The smallest absolute Gasteiger partial charge is 0.261 e. The number of aromatic amines is 1. The Bertz CT molecular complexity index is 1090. The van der Waals surface area contributed by atoms with Crippen LogP contribution in [0.4, 0.5) is 5.69 Å². The van der Waals surface area contributed by atoms with E-state index in [0.29, 0.717) is 11.4 Å². The van der Waals surface area contributed by atoms with E-state index in [1.165, 1.54) is 6.07 Å². The second kappa shape index (κ2) is 9.69. The highest BCUT2D eigenvalue weighted by atomic mass is 16.2. The van der Waals surface area contributed by atoms with Crippen molar-refractivity contribution in [1.29, 1.82) is 0 Å². The Labute approximate surface area is 175 Å². The van der Waals surface area contributed by atoms with E-state index in [1.807, 2.05) is 62.4 Å². The largest absolute Gasteiger partial charge is 0.348 e. The number of benzene rings is 2. The lowest BCUT2D eigenvalue weighted by atomic mass is 10.1. The highest BCUT2D eigenvalue weighted by Crippen LogP contribution is 2.15. The lowest BCUT2D eigenvalue weighted by Gasteiger charge is -2.11. The van der Waals surface area contributed by atoms with Gasteiger partial charge in [0.25, 0.3) is 11.5 Å². The molecule has 2 aromatic carbocycles. The standard InChI is InChI=1S/C24H25N3O3/c1-3-16(2)22(28)26-19-11-7-8-17(14-19)15-25-23(29)20-12-13-21(27-24(20)30)18-9-5-4-6-10-18/h4-14,16H,3,15H2,1-2H3,(H,25,29)(H,26,28)(H,27,30). The third kappa shape index (κ3) is 5.23. The Balaban J connectivity index is 1.65. The van der Waals surface area contributed by atoms with Crippen molar-refractivity contribution in [3.63, 3.8) is 0 Å². The van der Waals surface area contributed by atoms with E-state index < -0.39 is 11.5 Å². The van der Waals surface area contributed by atoms with Gasteiger partial charge in [0.15, 0.2) is 0 Å². The zero-order valence-corrected chi connectivity index (χ0v) is 17.1. The fraction of sp³-hybridized carbons (Fsp3) is 0.208. The van der Waals surface area contributed by atoms with Crippen LogP contribution in [0, 0.1) is 5.92 Å². The van der Waals surface area contributed by atoms with Crippen molar-refractivity contribution in [2.45, 2.75) is 26.8 Å². The molecule has 0 bridgehead atoms. The van der Waals surface area contributed by atoms with Crippen LogP contribution in [0.5, 0.6) is 0 Å². The van der Waals surface area contributed by atoms with E-state index in [-0.39, 0.29) is 23.9 Å². The van der Waals surface area contributed by atoms with E-state index in [1.54, 1.807) is 12.1 Å². The molecule has 1 atom stereocenters. The number of anilines is 1. The molecule has 0 spiro atoms. The molecule has 154 valence electrons. The number of hydrogen-bond donors (Lipinski definition) is 3. The summed E-state index contributed by atoms with van der Waals surface area (Å²) in [6.07, 6.45) is 0.763. The molecule has 1 heterocycles. The van der Waals surface area contributed by atoms with Crippen molar-refractivity contribution < 1.29 is 9.59 Å². The predicted octanol–water partition coefficient (Wildman–Crippen LogP) is 3.96. The molecular weight excluding hydrogens is 378 g/mol. The van der Waals surface area contributed by atoms with Crippen molar-refractivity contribution in [3.8, 4) is 11.3 Å². The Kier molecular flexibility index (Phi) is 6.80. The Hall–Kier alpha value is -3.67. The van der Waals surface area contributed by atoms with Crippen molar-refractivity contribution in [3.05, 3.63) is 88.2 Å². The summed E-state index contributed by atoms with van der Waals surface area (Å²) in [5.74, 6) is -0.562. The number of pyridine rings is 1. The topological polar surface area (TPSA) is 91.1 Å². The number of amides is 2. The molecule has 0 saturated heterocycles. The van der Waals surface area contributed by atoms with Gasteiger partial charge in [-0.25, -0.2) is 0 Å². The van der Waals surface area contributed by atoms with Crippen LogP contribution in [0.1, 0.15) is 36.2 Å². The number of carbonyl (C=O) groups excluding carboxylic acids is 2. The van der Waals surface area contributed by atoms with Gasteiger partial charge in [0.05, 0.1) is 0 Å². The van der Waals surface area contributed by atoms with E-state index in [9.17, 15) is 14.4 Å². The van der Waals surface area contributed by atoms with Gasteiger partial charge in [-0.15, -0.1) is 0 Å². The molecule has 30 heavy (non-hydrogen) atoms. The molecule has 1 unspecified atom stereocenters. The van der Waals surface area contributed by atoms with Gasteiger partial charge in [-0.05, 0) is 41.8 Å². The lowest BCUT2D eigenvalue weighted by Crippen LogP contribution is -2.29. The first-order chi connectivity index (χ1) is 14.5. The number of hydrogen-bond acceptors (Lipinski definition) is 3. The summed E-state index contributed by atoms with van der Waals surface area (Å²) in [6, 6.07) is 20.0. The van der Waals surface area contributed by atoms with Crippen molar-refractivity contribution in [1.82, 2.24) is 10.3 Å². The maximum Gasteiger partial charge on any atom is 0.261 e. The summed E-state index contributed by atoms with van der Waals surface area (Å²) < 4.78 is 0. The third-order valence-electron chi connectivity index (χ3n) is 4.95. The molecule has 0 fully saturated rings. The van der Waals surface area contributed by atoms with Gasteiger partial charge in [0.2, 0.25) is 5.91 Å². The first kappa shape index (κ1) is 21.0. The zero-order valence-electron chi connectivity index (χ0n) is 17.1. The molecule has 0 radical (unpaired) electrons. The molecule has 6 nitrogen and oxygen atoms in total. The molecule has 3 rings (SSSR count). The fourth-order valence-electron chi connectivity index (χ4n) is 2.93. The predicted molar refractivity (Wildman–Crippen MR) is 118 cm³/mol. The second-order valence-electron chi connectivity index (χ2n) is 7.16. The number of rotatable bonds is 7. The maximum atomic E-state index is 12.5. The molecule has 0 aliphatic heterocycles. The number of H-pyrrole nitrogens is 1. The summed E-state index contributed by atoms with van der Waals surface area (Å²) in [6.45, 7) is 4.08. The van der Waals surface area contributed by atoms with Crippen LogP contribution in [0.3, 0.4) is 0 Å². The minimum absolute atomic E-state index is 0.0382. The molecule has 0 aliphatic carbocycles. The van der Waals surface area contributed by atoms with Gasteiger partial charge in [-0.2, -0.15) is 0 Å². The molecule has 3 aromatic rings. The normalized spacial score (nSPS) is 11.5. The van der Waals surface area contributed by atoms with Crippen LogP contribution in [0.25, 0.3) is 11.3 Å². The number of nitrogens with one attached hydrogen (secondary N) is 3. The highest BCUT2D eigenvalue weighted by molar-refractivity contribution is 5.94. The quantitative estimate of drug-likeness (QED) is 0.558. The first-order valence-corrected chi connectivity index (χ1v) is 9.94. The molecule has 6 heteroatoms. The van der Waals surface area contributed by atoms with Crippen LogP contribution >= 0.6 is 0 Å². The average Bonchev–Trinajstić information content (AvgIpc) is 2.77. The summed E-state index contributed by atoms with van der Waals surface area (Å²) in [4.78, 5) is 39.7. The van der Waals surface area contributed by atoms with Crippen LogP contribution in [0.15, 0.2) is 71.5 Å². The maximum absolute atomic E-state index is 12.5. The summed E-state index contributed by atoms with van der Waals surface area (Å²) >= 11 is 0. The Morgan fingerprint density at radius 1 is 1.00 bits per heavy atom. The molecule has 1 aromatic heterocycles.